The summed E-state index contributed by atoms with van der Waals surface area (Å²) in [4.78, 5) is 0.371. The smallest absolute Gasteiger partial charge is 0.243 e. The van der Waals surface area contributed by atoms with Gasteiger partial charge in [-0.2, -0.15) is 4.31 Å². The summed E-state index contributed by atoms with van der Waals surface area (Å²) in [5.41, 5.74) is 7.62. The molecular formula is C15H24N2O2S. The van der Waals surface area contributed by atoms with Crippen molar-refractivity contribution in [2.75, 3.05) is 0 Å². The SMILES string of the molecule is CCC1CCC(C)N1S(=O)(=O)c1ccc(C)c(CN)c1. The van der Waals surface area contributed by atoms with Gasteiger partial charge in [0.05, 0.1) is 4.90 Å². The van der Waals surface area contributed by atoms with Gasteiger partial charge in [0.2, 0.25) is 10.0 Å². The maximum Gasteiger partial charge on any atom is 0.243 e. The summed E-state index contributed by atoms with van der Waals surface area (Å²) < 4.78 is 27.4. The van der Waals surface area contributed by atoms with Crippen molar-refractivity contribution in [3.05, 3.63) is 29.3 Å². The molecule has 1 saturated heterocycles. The van der Waals surface area contributed by atoms with Gasteiger partial charge in [0.1, 0.15) is 0 Å². The van der Waals surface area contributed by atoms with Crippen LogP contribution in [0.4, 0.5) is 0 Å². The normalized spacial score (nSPS) is 24.2. The third-order valence-electron chi connectivity index (χ3n) is 4.30. The first-order valence-electron chi connectivity index (χ1n) is 7.25. The van der Waals surface area contributed by atoms with Crippen molar-refractivity contribution >= 4 is 10.0 Å². The minimum Gasteiger partial charge on any atom is -0.326 e. The summed E-state index contributed by atoms with van der Waals surface area (Å²) in [5, 5.41) is 0. The lowest BCUT2D eigenvalue weighted by Gasteiger charge is -2.27. The molecule has 20 heavy (non-hydrogen) atoms. The summed E-state index contributed by atoms with van der Waals surface area (Å²) in [7, 11) is -3.42. The van der Waals surface area contributed by atoms with Crippen LogP contribution in [-0.4, -0.2) is 24.8 Å². The third-order valence-corrected chi connectivity index (χ3v) is 6.36. The van der Waals surface area contributed by atoms with Crippen LogP contribution >= 0.6 is 0 Å². The molecule has 1 aromatic rings. The van der Waals surface area contributed by atoms with Crippen LogP contribution in [0.1, 0.15) is 44.2 Å². The first-order valence-corrected chi connectivity index (χ1v) is 8.69. The number of sulfonamides is 1. The molecule has 1 fully saturated rings. The van der Waals surface area contributed by atoms with Gasteiger partial charge in [-0.3, -0.25) is 0 Å². The van der Waals surface area contributed by atoms with E-state index in [0.29, 0.717) is 11.4 Å². The summed E-state index contributed by atoms with van der Waals surface area (Å²) in [5.74, 6) is 0. The van der Waals surface area contributed by atoms with Crippen molar-refractivity contribution in [2.45, 2.75) is 63.6 Å². The van der Waals surface area contributed by atoms with Crippen LogP contribution in [0, 0.1) is 6.92 Å². The molecule has 112 valence electrons. The van der Waals surface area contributed by atoms with Gasteiger partial charge < -0.3 is 5.73 Å². The zero-order chi connectivity index (χ0) is 14.9. The number of rotatable bonds is 4. The lowest BCUT2D eigenvalue weighted by molar-refractivity contribution is 0.328. The van der Waals surface area contributed by atoms with E-state index in [4.69, 9.17) is 5.73 Å². The predicted octanol–water partition coefficient (Wildman–Crippen LogP) is 2.41. The van der Waals surface area contributed by atoms with Gasteiger partial charge in [0, 0.05) is 18.6 Å². The molecule has 0 saturated carbocycles. The maximum absolute atomic E-state index is 12.9. The second-order valence-electron chi connectivity index (χ2n) is 5.62. The van der Waals surface area contributed by atoms with Gasteiger partial charge in [-0.1, -0.05) is 13.0 Å². The highest BCUT2D eigenvalue weighted by Gasteiger charge is 2.39. The Bertz CT molecular complexity index is 584. The van der Waals surface area contributed by atoms with Gasteiger partial charge in [0.25, 0.3) is 0 Å². The second-order valence-corrected chi connectivity index (χ2v) is 7.46. The van der Waals surface area contributed by atoms with Crippen LogP contribution in [0.5, 0.6) is 0 Å². The van der Waals surface area contributed by atoms with E-state index in [1.54, 1.807) is 16.4 Å². The number of hydrogen-bond acceptors (Lipinski definition) is 3. The van der Waals surface area contributed by atoms with Crippen molar-refractivity contribution in [1.29, 1.82) is 0 Å². The molecule has 2 atom stereocenters. The predicted molar refractivity (Wildman–Crippen MR) is 80.9 cm³/mol. The van der Waals surface area contributed by atoms with Gasteiger partial charge >= 0.3 is 0 Å². The topological polar surface area (TPSA) is 63.4 Å². The van der Waals surface area contributed by atoms with Gasteiger partial charge in [-0.05, 0) is 56.4 Å². The quantitative estimate of drug-likeness (QED) is 0.928. The molecule has 1 aromatic carbocycles. The Hall–Kier alpha value is -0.910. The molecule has 2 N–H and O–H groups in total. The van der Waals surface area contributed by atoms with Crippen molar-refractivity contribution in [2.24, 2.45) is 5.73 Å². The molecule has 5 heteroatoms. The molecule has 4 nitrogen and oxygen atoms in total. The fraction of sp³-hybridized carbons (Fsp3) is 0.600. The molecule has 0 spiro atoms. The van der Waals surface area contributed by atoms with Crippen molar-refractivity contribution in [3.8, 4) is 0 Å². The standard InChI is InChI=1S/C15H24N2O2S/c1-4-14-7-6-12(3)17(14)20(18,19)15-8-5-11(2)13(9-15)10-16/h5,8-9,12,14H,4,6-7,10,16H2,1-3H3. The Kier molecular flexibility index (Phi) is 4.52. The summed E-state index contributed by atoms with van der Waals surface area (Å²) in [6.45, 7) is 6.35. The third kappa shape index (κ3) is 2.62. The van der Waals surface area contributed by atoms with Crippen molar-refractivity contribution in [3.63, 3.8) is 0 Å². The minimum atomic E-state index is -3.42. The van der Waals surface area contributed by atoms with E-state index in [1.165, 1.54) is 0 Å². The molecule has 2 rings (SSSR count). The van der Waals surface area contributed by atoms with E-state index in [0.717, 1.165) is 30.4 Å². The van der Waals surface area contributed by atoms with Crippen molar-refractivity contribution in [1.82, 2.24) is 4.31 Å². The Balaban J connectivity index is 2.44. The van der Waals surface area contributed by atoms with Crippen molar-refractivity contribution < 1.29 is 8.42 Å². The molecule has 0 aromatic heterocycles. The molecule has 1 heterocycles. The van der Waals surface area contributed by atoms with Crippen LogP contribution in [-0.2, 0) is 16.6 Å². The van der Waals surface area contributed by atoms with Crippen LogP contribution in [0.3, 0.4) is 0 Å². The largest absolute Gasteiger partial charge is 0.326 e. The lowest BCUT2D eigenvalue weighted by Crippen LogP contribution is -2.39. The lowest BCUT2D eigenvalue weighted by atomic mass is 10.1. The van der Waals surface area contributed by atoms with Gasteiger partial charge in [0.15, 0.2) is 0 Å². The molecule has 2 unspecified atom stereocenters. The average Bonchev–Trinajstić information content (AvgIpc) is 2.80. The number of benzene rings is 1. The maximum atomic E-state index is 12.9. The first-order chi connectivity index (χ1) is 9.41. The van der Waals surface area contributed by atoms with E-state index < -0.39 is 10.0 Å². The second kappa shape index (κ2) is 5.84. The monoisotopic (exact) mass is 296 g/mol. The highest BCUT2D eigenvalue weighted by atomic mass is 32.2. The van der Waals surface area contributed by atoms with Gasteiger partial charge in [-0.15, -0.1) is 0 Å². The molecule has 1 aliphatic rings. The number of hydrogen-bond donors (Lipinski definition) is 1. The molecule has 0 aliphatic carbocycles. The number of aryl methyl sites for hydroxylation is 1. The Morgan fingerprint density at radius 1 is 1.35 bits per heavy atom. The molecule has 0 bridgehead atoms. The van der Waals surface area contributed by atoms with E-state index in [1.807, 2.05) is 26.8 Å². The molecule has 0 amide bonds. The van der Waals surface area contributed by atoms with Crippen LogP contribution in [0.25, 0.3) is 0 Å². The summed E-state index contributed by atoms with van der Waals surface area (Å²) >= 11 is 0. The Morgan fingerprint density at radius 2 is 2.05 bits per heavy atom. The highest BCUT2D eigenvalue weighted by molar-refractivity contribution is 7.89. The van der Waals surface area contributed by atoms with Crippen LogP contribution in [0.2, 0.25) is 0 Å². The fourth-order valence-electron chi connectivity index (χ4n) is 3.02. The highest BCUT2D eigenvalue weighted by Crippen LogP contribution is 2.32. The molecular weight excluding hydrogens is 272 g/mol. The Labute approximate surface area is 122 Å². The summed E-state index contributed by atoms with van der Waals surface area (Å²) in [6, 6.07) is 5.46. The van der Waals surface area contributed by atoms with Crippen LogP contribution in [0.15, 0.2) is 23.1 Å². The van der Waals surface area contributed by atoms with E-state index in [9.17, 15) is 8.42 Å². The van der Waals surface area contributed by atoms with E-state index in [-0.39, 0.29) is 12.1 Å². The van der Waals surface area contributed by atoms with Gasteiger partial charge in [-0.25, -0.2) is 8.42 Å². The Morgan fingerprint density at radius 3 is 2.65 bits per heavy atom. The van der Waals surface area contributed by atoms with E-state index in [2.05, 4.69) is 0 Å². The number of nitrogens with zero attached hydrogens (tertiary/aromatic N) is 1. The zero-order valence-electron chi connectivity index (χ0n) is 12.5. The first kappa shape index (κ1) is 15.5. The minimum absolute atomic E-state index is 0.0765. The van der Waals surface area contributed by atoms with Crippen LogP contribution < -0.4 is 5.73 Å². The summed E-state index contributed by atoms with van der Waals surface area (Å²) in [6.07, 6.45) is 2.75. The fourth-order valence-corrected chi connectivity index (χ4v) is 5.02. The van der Waals surface area contributed by atoms with E-state index >= 15 is 0 Å². The number of nitrogens with two attached hydrogens (primary N) is 1. The zero-order valence-corrected chi connectivity index (χ0v) is 13.3. The molecule has 1 aliphatic heterocycles. The average molecular weight is 296 g/mol. The molecule has 0 radical (unpaired) electrons.